The summed E-state index contributed by atoms with van der Waals surface area (Å²) in [6.07, 6.45) is 2.07. The molecule has 0 fully saturated rings. The number of hydrogen-bond acceptors (Lipinski definition) is 3. The van der Waals surface area contributed by atoms with Crippen LogP contribution >= 0.6 is 0 Å². The van der Waals surface area contributed by atoms with E-state index in [4.69, 9.17) is 4.74 Å². The summed E-state index contributed by atoms with van der Waals surface area (Å²) in [7, 11) is 0. The Morgan fingerprint density at radius 3 is 2.33 bits per heavy atom. The van der Waals surface area contributed by atoms with E-state index in [2.05, 4.69) is 57.9 Å². The highest BCUT2D eigenvalue weighted by Crippen LogP contribution is 2.13. The quantitative estimate of drug-likeness (QED) is 0.869. The second-order valence-corrected chi connectivity index (χ2v) is 6.18. The normalized spacial score (nSPS) is 13.7. The smallest absolute Gasteiger partial charge is 0.213 e. The average molecular weight is 250 g/mol. The monoisotopic (exact) mass is 250 g/mol. The Morgan fingerprint density at radius 1 is 1.22 bits per heavy atom. The second-order valence-electron chi connectivity index (χ2n) is 6.18. The van der Waals surface area contributed by atoms with Crippen molar-refractivity contribution in [1.82, 2.24) is 10.3 Å². The van der Waals surface area contributed by atoms with E-state index < -0.39 is 0 Å². The number of nitrogens with zero attached hydrogens (tertiary/aromatic N) is 1. The fourth-order valence-corrected chi connectivity index (χ4v) is 1.28. The van der Waals surface area contributed by atoms with Crippen LogP contribution in [0.15, 0.2) is 18.3 Å². The number of aromatic nitrogens is 1. The lowest BCUT2D eigenvalue weighted by atomic mass is 10.1. The summed E-state index contributed by atoms with van der Waals surface area (Å²) in [5, 5.41) is 3.44. The highest BCUT2D eigenvalue weighted by molar-refractivity contribution is 5.18. The lowest BCUT2D eigenvalue weighted by molar-refractivity contribution is 0.163. The summed E-state index contributed by atoms with van der Waals surface area (Å²) in [5.41, 5.74) is 1.30. The second kappa shape index (κ2) is 6.19. The van der Waals surface area contributed by atoms with Gasteiger partial charge in [-0.05, 0) is 39.2 Å². The molecule has 0 amide bonds. The molecule has 0 aliphatic rings. The largest absolute Gasteiger partial charge is 0.474 e. The van der Waals surface area contributed by atoms with Gasteiger partial charge in [0.25, 0.3) is 0 Å². The van der Waals surface area contributed by atoms with Crippen LogP contribution in [0.1, 0.15) is 47.1 Å². The van der Waals surface area contributed by atoms with E-state index in [0.717, 1.165) is 6.54 Å². The summed E-state index contributed by atoms with van der Waals surface area (Å²) in [6, 6.07) is 4.01. The van der Waals surface area contributed by atoms with Crippen LogP contribution in [0.25, 0.3) is 0 Å². The standard InChI is InChI=1S/C15H26N2O/c1-11(2)12(3)18-14-8-7-13(9-16-14)10-17-15(4,5)6/h7-9,11-12,17H,10H2,1-6H3. The maximum atomic E-state index is 5.74. The number of rotatable bonds is 5. The molecule has 0 bridgehead atoms. The van der Waals surface area contributed by atoms with Gasteiger partial charge in [-0.2, -0.15) is 0 Å². The molecule has 1 aromatic heterocycles. The molecule has 1 atom stereocenters. The van der Waals surface area contributed by atoms with Crippen molar-refractivity contribution in [2.45, 2.75) is 59.7 Å². The van der Waals surface area contributed by atoms with Gasteiger partial charge in [0.05, 0.1) is 6.10 Å². The van der Waals surface area contributed by atoms with Crippen molar-refractivity contribution in [1.29, 1.82) is 0 Å². The van der Waals surface area contributed by atoms with Gasteiger partial charge in [0, 0.05) is 24.3 Å². The van der Waals surface area contributed by atoms with Crippen molar-refractivity contribution in [2.75, 3.05) is 0 Å². The minimum Gasteiger partial charge on any atom is -0.474 e. The fourth-order valence-electron chi connectivity index (χ4n) is 1.28. The maximum absolute atomic E-state index is 5.74. The molecule has 1 N–H and O–H groups in total. The van der Waals surface area contributed by atoms with Gasteiger partial charge in [-0.1, -0.05) is 19.9 Å². The Labute approximate surface area is 111 Å². The van der Waals surface area contributed by atoms with Crippen molar-refractivity contribution in [3.63, 3.8) is 0 Å². The third-order valence-corrected chi connectivity index (χ3v) is 2.87. The summed E-state index contributed by atoms with van der Waals surface area (Å²) in [4.78, 5) is 4.34. The van der Waals surface area contributed by atoms with Crippen LogP contribution in [0.2, 0.25) is 0 Å². The van der Waals surface area contributed by atoms with Crippen molar-refractivity contribution >= 4 is 0 Å². The molecule has 0 spiro atoms. The summed E-state index contributed by atoms with van der Waals surface area (Å²) >= 11 is 0. The SMILES string of the molecule is CC(C)C(C)Oc1ccc(CNC(C)(C)C)cn1. The van der Waals surface area contributed by atoms with Gasteiger partial charge >= 0.3 is 0 Å². The first kappa shape index (κ1) is 15.0. The number of hydrogen-bond donors (Lipinski definition) is 1. The zero-order valence-electron chi connectivity index (χ0n) is 12.4. The van der Waals surface area contributed by atoms with Crippen LogP contribution in [-0.4, -0.2) is 16.6 Å². The minimum absolute atomic E-state index is 0.126. The number of ether oxygens (including phenoxy) is 1. The molecule has 1 heterocycles. The van der Waals surface area contributed by atoms with Gasteiger partial charge in [0.15, 0.2) is 0 Å². The first-order chi connectivity index (χ1) is 8.28. The number of pyridine rings is 1. The minimum atomic E-state index is 0.126. The van der Waals surface area contributed by atoms with Crippen molar-refractivity contribution in [3.05, 3.63) is 23.9 Å². The highest BCUT2D eigenvalue weighted by atomic mass is 16.5. The molecule has 0 aromatic carbocycles. The Kier molecular flexibility index (Phi) is 5.15. The third kappa shape index (κ3) is 5.50. The maximum Gasteiger partial charge on any atom is 0.213 e. The lowest BCUT2D eigenvalue weighted by Gasteiger charge is -2.20. The van der Waals surface area contributed by atoms with Crippen LogP contribution in [0.5, 0.6) is 5.88 Å². The molecule has 1 rings (SSSR count). The first-order valence-corrected chi connectivity index (χ1v) is 6.64. The Balaban J connectivity index is 2.52. The van der Waals surface area contributed by atoms with E-state index in [9.17, 15) is 0 Å². The molecule has 102 valence electrons. The van der Waals surface area contributed by atoms with Gasteiger partial charge in [0.1, 0.15) is 0 Å². The van der Waals surface area contributed by atoms with Crippen molar-refractivity contribution in [3.8, 4) is 5.88 Å². The predicted octanol–water partition coefficient (Wildman–Crippen LogP) is 3.39. The zero-order valence-corrected chi connectivity index (χ0v) is 12.4. The molecule has 3 nitrogen and oxygen atoms in total. The molecule has 1 aromatic rings. The first-order valence-electron chi connectivity index (χ1n) is 6.64. The van der Waals surface area contributed by atoms with E-state index >= 15 is 0 Å². The van der Waals surface area contributed by atoms with Gasteiger partial charge in [-0.25, -0.2) is 4.98 Å². The van der Waals surface area contributed by atoms with Crippen LogP contribution in [-0.2, 0) is 6.54 Å². The third-order valence-electron chi connectivity index (χ3n) is 2.87. The van der Waals surface area contributed by atoms with Crippen LogP contribution in [0.3, 0.4) is 0 Å². The van der Waals surface area contributed by atoms with E-state index in [1.807, 2.05) is 12.3 Å². The van der Waals surface area contributed by atoms with Crippen LogP contribution in [0, 0.1) is 5.92 Å². The van der Waals surface area contributed by atoms with E-state index in [1.165, 1.54) is 5.56 Å². The van der Waals surface area contributed by atoms with Gasteiger partial charge in [-0.15, -0.1) is 0 Å². The molecule has 0 radical (unpaired) electrons. The Morgan fingerprint density at radius 2 is 1.89 bits per heavy atom. The topological polar surface area (TPSA) is 34.1 Å². The van der Waals surface area contributed by atoms with E-state index in [1.54, 1.807) is 0 Å². The number of nitrogens with one attached hydrogen (secondary N) is 1. The Bertz CT molecular complexity index is 352. The summed E-state index contributed by atoms with van der Waals surface area (Å²) in [5.74, 6) is 1.20. The molecule has 18 heavy (non-hydrogen) atoms. The molecule has 0 saturated heterocycles. The average Bonchev–Trinajstić information content (AvgIpc) is 2.27. The summed E-state index contributed by atoms with van der Waals surface area (Å²) in [6.45, 7) is 13.7. The molecule has 3 heteroatoms. The van der Waals surface area contributed by atoms with E-state index in [-0.39, 0.29) is 11.6 Å². The van der Waals surface area contributed by atoms with Crippen LogP contribution in [0.4, 0.5) is 0 Å². The molecular formula is C15H26N2O. The lowest BCUT2D eigenvalue weighted by Crippen LogP contribution is -2.35. The molecule has 0 saturated carbocycles. The fraction of sp³-hybridized carbons (Fsp3) is 0.667. The van der Waals surface area contributed by atoms with Gasteiger partial charge in [-0.3, -0.25) is 0 Å². The van der Waals surface area contributed by atoms with Gasteiger partial charge < -0.3 is 10.1 Å². The molecule has 1 unspecified atom stereocenters. The van der Waals surface area contributed by atoms with Gasteiger partial charge in [0.2, 0.25) is 5.88 Å². The van der Waals surface area contributed by atoms with E-state index in [0.29, 0.717) is 11.8 Å². The van der Waals surface area contributed by atoms with Crippen molar-refractivity contribution < 1.29 is 4.74 Å². The zero-order chi connectivity index (χ0) is 13.8. The molecule has 0 aliphatic heterocycles. The summed E-state index contributed by atoms with van der Waals surface area (Å²) < 4.78 is 5.74. The Hall–Kier alpha value is -1.09. The molecule has 0 aliphatic carbocycles. The highest BCUT2D eigenvalue weighted by Gasteiger charge is 2.10. The predicted molar refractivity (Wildman–Crippen MR) is 75.8 cm³/mol. The molecular weight excluding hydrogens is 224 g/mol. The van der Waals surface area contributed by atoms with Crippen molar-refractivity contribution in [2.24, 2.45) is 5.92 Å². The van der Waals surface area contributed by atoms with Crippen LogP contribution < -0.4 is 10.1 Å².